The molecule has 0 aliphatic rings. The number of rotatable bonds is 3. The molecule has 0 aliphatic carbocycles. The van der Waals surface area contributed by atoms with Crippen LogP contribution in [0, 0.1) is 6.92 Å². The van der Waals surface area contributed by atoms with Gasteiger partial charge in [0.15, 0.2) is 5.78 Å². The zero-order valence-electron chi connectivity index (χ0n) is 13.0. The molecule has 5 nitrogen and oxygen atoms in total. The van der Waals surface area contributed by atoms with Gasteiger partial charge in [-0.1, -0.05) is 30.3 Å². The fraction of sp³-hybridized carbons (Fsp3) is 0.0526. The summed E-state index contributed by atoms with van der Waals surface area (Å²) >= 11 is 0. The molecule has 0 saturated heterocycles. The predicted octanol–water partition coefficient (Wildman–Crippen LogP) is 3.35. The number of aromatic nitrogens is 4. The Bertz CT molecular complexity index is 1040. The van der Waals surface area contributed by atoms with Crippen LogP contribution in [0.4, 0.5) is 0 Å². The number of pyridine rings is 1. The fourth-order valence-corrected chi connectivity index (χ4v) is 2.77. The van der Waals surface area contributed by atoms with Gasteiger partial charge < -0.3 is 4.57 Å². The molecule has 0 aliphatic heterocycles. The molecule has 116 valence electrons. The van der Waals surface area contributed by atoms with Gasteiger partial charge in [0.1, 0.15) is 11.6 Å². The van der Waals surface area contributed by atoms with Gasteiger partial charge in [0.2, 0.25) is 0 Å². The summed E-state index contributed by atoms with van der Waals surface area (Å²) in [6, 6.07) is 13.0. The topological polar surface area (TPSA) is 60.7 Å². The second-order valence-corrected chi connectivity index (χ2v) is 5.46. The molecular weight excluding hydrogens is 300 g/mol. The van der Waals surface area contributed by atoms with E-state index in [0.717, 1.165) is 16.7 Å². The maximum absolute atomic E-state index is 12.9. The molecule has 0 fully saturated rings. The van der Waals surface area contributed by atoms with Gasteiger partial charge in [-0.15, -0.1) is 0 Å². The average molecular weight is 314 g/mol. The highest BCUT2D eigenvalue weighted by Crippen LogP contribution is 2.25. The van der Waals surface area contributed by atoms with Crippen LogP contribution in [0.25, 0.3) is 16.7 Å². The van der Waals surface area contributed by atoms with Crippen molar-refractivity contribution in [3.8, 4) is 5.82 Å². The molecule has 4 rings (SSSR count). The lowest BCUT2D eigenvalue weighted by molar-refractivity contribution is 0.104. The molecule has 0 saturated carbocycles. The van der Waals surface area contributed by atoms with E-state index in [4.69, 9.17) is 0 Å². The molecular formula is C19H14N4O. The van der Waals surface area contributed by atoms with Crippen molar-refractivity contribution in [2.75, 3.05) is 0 Å². The summed E-state index contributed by atoms with van der Waals surface area (Å²) < 4.78 is 1.90. The number of nitrogens with zero attached hydrogens (tertiary/aromatic N) is 4. The van der Waals surface area contributed by atoms with Gasteiger partial charge in [-0.2, -0.15) is 0 Å². The largest absolute Gasteiger partial charge is 0.300 e. The van der Waals surface area contributed by atoms with Gasteiger partial charge in [-0.3, -0.25) is 9.78 Å². The summed E-state index contributed by atoms with van der Waals surface area (Å²) in [5.41, 5.74) is 2.15. The summed E-state index contributed by atoms with van der Waals surface area (Å²) in [5, 5.41) is 0.808. The smallest absolute Gasteiger partial charge is 0.195 e. The Labute approximate surface area is 138 Å². The Hall–Kier alpha value is -3.34. The predicted molar refractivity (Wildman–Crippen MR) is 91.3 cm³/mol. The van der Waals surface area contributed by atoms with Crippen molar-refractivity contribution in [3.05, 3.63) is 84.2 Å². The molecule has 0 atom stereocenters. The number of aryl methyl sites for hydroxylation is 1. The van der Waals surface area contributed by atoms with Crippen LogP contribution in [0.5, 0.6) is 0 Å². The summed E-state index contributed by atoms with van der Waals surface area (Å²) in [5.74, 6) is 1.38. The van der Waals surface area contributed by atoms with E-state index in [2.05, 4.69) is 15.0 Å². The number of fused-ring (bicyclic) bond motifs is 1. The van der Waals surface area contributed by atoms with Gasteiger partial charge in [-0.25, -0.2) is 9.97 Å². The van der Waals surface area contributed by atoms with Crippen LogP contribution in [0.1, 0.15) is 21.7 Å². The van der Waals surface area contributed by atoms with Gasteiger partial charge >= 0.3 is 0 Å². The minimum Gasteiger partial charge on any atom is -0.300 e. The van der Waals surface area contributed by atoms with Gasteiger partial charge in [-0.05, 0) is 19.1 Å². The van der Waals surface area contributed by atoms with Crippen molar-refractivity contribution in [1.82, 2.24) is 19.5 Å². The van der Waals surface area contributed by atoms with Crippen LogP contribution in [0.3, 0.4) is 0 Å². The molecule has 0 amide bonds. The average Bonchev–Trinajstić information content (AvgIpc) is 3.01. The third-order valence-electron chi connectivity index (χ3n) is 3.89. The van der Waals surface area contributed by atoms with Gasteiger partial charge in [0.25, 0.3) is 0 Å². The van der Waals surface area contributed by atoms with E-state index in [1.165, 1.54) is 0 Å². The lowest BCUT2D eigenvalue weighted by atomic mass is 10.0. The molecule has 3 heterocycles. The second-order valence-electron chi connectivity index (χ2n) is 5.46. The molecule has 0 bridgehead atoms. The molecule has 1 aromatic carbocycles. The van der Waals surface area contributed by atoms with Crippen LogP contribution in [0.15, 0.2) is 67.3 Å². The van der Waals surface area contributed by atoms with Crippen LogP contribution in [0.2, 0.25) is 0 Å². The van der Waals surface area contributed by atoms with Crippen LogP contribution >= 0.6 is 0 Å². The fourth-order valence-electron chi connectivity index (χ4n) is 2.77. The number of carbonyl (C=O) groups is 1. The Morgan fingerprint density at radius 1 is 1.04 bits per heavy atom. The Balaban J connectivity index is 1.94. The lowest BCUT2D eigenvalue weighted by Gasteiger charge is -2.04. The number of carbonyl (C=O) groups excluding carboxylic acids is 1. The van der Waals surface area contributed by atoms with E-state index in [-0.39, 0.29) is 5.78 Å². The lowest BCUT2D eigenvalue weighted by Crippen LogP contribution is -2.01. The normalized spacial score (nSPS) is 10.9. The van der Waals surface area contributed by atoms with Crippen molar-refractivity contribution in [2.45, 2.75) is 6.92 Å². The van der Waals surface area contributed by atoms with E-state index in [9.17, 15) is 4.79 Å². The first-order valence-electron chi connectivity index (χ1n) is 7.59. The van der Waals surface area contributed by atoms with Crippen LogP contribution in [-0.2, 0) is 0 Å². The molecule has 0 unspecified atom stereocenters. The zero-order chi connectivity index (χ0) is 16.5. The van der Waals surface area contributed by atoms with E-state index < -0.39 is 0 Å². The summed E-state index contributed by atoms with van der Waals surface area (Å²) in [4.78, 5) is 25.7. The summed E-state index contributed by atoms with van der Waals surface area (Å²) in [6.07, 6.45) is 6.96. The first-order valence-corrected chi connectivity index (χ1v) is 7.59. The Kier molecular flexibility index (Phi) is 3.39. The number of benzene rings is 1. The van der Waals surface area contributed by atoms with E-state index in [0.29, 0.717) is 17.0 Å². The molecule has 4 aromatic rings. The molecule has 24 heavy (non-hydrogen) atoms. The standard InChI is InChI=1S/C19H14N4O/c1-13-21-10-8-18(22-13)23-12-16(15-11-20-9-7-17(15)23)19(24)14-5-3-2-4-6-14/h2-12H,1H3. The summed E-state index contributed by atoms with van der Waals surface area (Å²) in [7, 11) is 0. The van der Waals surface area contributed by atoms with Gasteiger partial charge in [0.05, 0.1) is 11.1 Å². The molecule has 3 aromatic heterocycles. The van der Waals surface area contributed by atoms with Crippen molar-refractivity contribution in [1.29, 1.82) is 0 Å². The first-order chi connectivity index (χ1) is 11.7. The highest BCUT2D eigenvalue weighted by atomic mass is 16.1. The minimum absolute atomic E-state index is 0.0295. The van der Waals surface area contributed by atoms with Crippen LogP contribution in [-0.4, -0.2) is 25.3 Å². The van der Waals surface area contributed by atoms with E-state index >= 15 is 0 Å². The molecule has 0 spiro atoms. The monoisotopic (exact) mass is 314 g/mol. The van der Waals surface area contributed by atoms with E-state index in [1.54, 1.807) is 18.6 Å². The van der Waals surface area contributed by atoms with Crippen molar-refractivity contribution >= 4 is 16.7 Å². The highest BCUT2D eigenvalue weighted by molar-refractivity contribution is 6.16. The molecule has 0 N–H and O–H groups in total. The first kappa shape index (κ1) is 14.3. The third kappa shape index (κ3) is 2.36. The Morgan fingerprint density at radius 3 is 2.67 bits per heavy atom. The highest BCUT2D eigenvalue weighted by Gasteiger charge is 2.17. The van der Waals surface area contributed by atoms with Crippen LogP contribution < -0.4 is 0 Å². The SMILES string of the molecule is Cc1nccc(-n2cc(C(=O)c3ccccc3)c3cnccc32)n1. The van der Waals surface area contributed by atoms with Crippen molar-refractivity contribution < 1.29 is 4.79 Å². The number of ketones is 1. The third-order valence-corrected chi connectivity index (χ3v) is 3.89. The van der Waals surface area contributed by atoms with E-state index in [1.807, 2.05) is 60.2 Å². The Morgan fingerprint density at radius 2 is 1.88 bits per heavy atom. The quantitative estimate of drug-likeness (QED) is 0.544. The maximum atomic E-state index is 12.9. The summed E-state index contributed by atoms with van der Waals surface area (Å²) in [6.45, 7) is 1.84. The number of hydrogen-bond acceptors (Lipinski definition) is 4. The minimum atomic E-state index is -0.0295. The van der Waals surface area contributed by atoms with Crippen molar-refractivity contribution in [3.63, 3.8) is 0 Å². The molecule has 5 heteroatoms. The number of hydrogen-bond donors (Lipinski definition) is 0. The van der Waals surface area contributed by atoms with Crippen molar-refractivity contribution in [2.24, 2.45) is 0 Å². The second kappa shape index (κ2) is 5.70. The maximum Gasteiger partial charge on any atom is 0.195 e. The van der Waals surface area contributed by atoms with Gasteiger partial charge in [0, 0.05) is 35.7 Å². The molecule has 0 radical (unpaired) electrons. The zero-order valence-corrected chi connectivity index (χ0v) is 13.0.